The van der Waals surface area contributed by atoms with Gasteiger partial charge in [-0.25, -0.2) is 0 Å². The summed E-state index contributed by atoms with van der Waals surface area (Å²) < 4.78 is 16.8. The highest BCUT2D eigenvalue weighted by molar-refractivity contribution is 5.71. The molecule has 0 aromatic rings. The van der Waals surface area contributed by atoms with Gasteiger partial charge in [0, 0.05) is 19.3 Å². The van der Waals surface area contributed by atoms with Gasteiger partial charge < -0.3 is 14.2 Å². The Labute approximate surface area is 451 Å². The van der Waals surface area contributed by atoms with Gasteiger partial charge in [0.1, 0.15) is 13.2 Å². The number of ether oxygens (including phenoxy) is 3. The molecule has 0 rings (SSSR count). The van der Waals surface area contributed by atoms with Gasteiger partial charge in [0.25, 0.3) is 0 Å². The molecule has 0 amide bonds. The van der Waals surface area contributed by atoms with Gasteiger partial charge >= 0.3 is 17.9 Å². The van der Waals surface area contributed by atoms with Crippen LogP contribution in [-0.2, 0) is 28.6 Å². The van der Waals surface area contributed by atoms with Gasteiger partial charge in [-0.05, 0) is 116 Å². The first-order valence-corrected chi connectivity index (χ1v) is 30.7. The summed E-state index contributed by atoms with van der Waals surface area (Å²) in [6.07, 6.45) is 81.4. The fraction of sp³-hybridized carbons (Fsp3) is 0.716. The largest absolute Gasteiger partial charge is 0.462 e. The minimum absolute atomic E-state index is 0.0830. The SMILES string of the molecule is CC/C=C\C/C=C\C/C=C\C/C=C\C/C=C\C/C=C\CCCCCCCCCCCCCCC(=O)OCC(COC(=O)CCCCCCC/C=C\CCC)OC(=O)CCCCCCC/C=C\CCCCCCC. The maximum absolute atomic E-state index is 12.8. The molecule has 418 valence electrons. The molecule has 0 aromatic carbocycles. The number of hydrogen-bond acceptors (Lipinski definition) is 6. The van der Waals surface area contributed by atoms with E-state index in [9.17, 15) is 14.4 Å². The number of esters is 3. The zero-order chi connectivity index (χ0) is 52.9. The van der Waals surface area contributed by atoms with Crippen LogP contribution in [0.25, 0.3) is 0 Å². The minimum Gasteiger partial charge on any atom is -0.462 e. The molecule has 0 aromatic heterocycles. The van der Waals surface area contributed by atoms with Crippen LogP contribution in [-0.4, -0.2) is 37.2 Å². The Morgan fingerprint density at radius 3 is 0.904 bits per heavy atom. The Morgan fingerprint density at radius 1 is 0.288 bits per heavy atom. The molecule has 0 aliphatic carbocycles. The van der Waals surface area contributed by atoms with E-state index in [4.69, 9.17) is 14.2 Å². The first-order chi connectivity index (χ1) is 36.0. The van der Waals surface area contributed by atoms with Crippen molar-refractivity contribution in [2.45, 2.75) is 297 Å². The summed E-state index contributed by atoms with van der Waals surface area (Å²) in [5.74, 6) is -0.899. The molecule has 0 fully saturated rings. The number of carbonyl (C=O) groups excluding carboxylic acids is 3. The molecule has 73 heavy (non-hydrogen) atoms. The average molecular weight is 1020 g/mol. The van der Waals surface area contributed by atoms with Gasteiger partial charge in [0.05, 0.1) is 0 Å². The predicted molar refractivity (Wildman–Crippen MR) is 316 cm³/mol. The molecule has 0 saturated heterocycles. The van der Waals surface area contributed by atoms with Gasteiger partial charge in [-0.1, -0.05) is 253 Å². The van der Waals surface area contributed by atoms with Gasteiger partial charge in [0.2, 0.25) is 0 Å². The lowest BCUT2D eigenvalue weighted by molar-refractivity contribution is -0.167. The fourth-order valence-corrected chi connectivity index (χ4v) is 8.44. The molecule has 6 heteroatoms. The minimum atomic E-state index is -0.784. The maximum atomic E-state index is 12.8. The number of rotatable bonds is 55. The van der Waals surface area contributed by atoms with Crippen molar-refractivity contribution in [2.24, 2.45) is 0 Å². The van der Waals surface area contributed by atoms with E-state index >= 15 is 0 Å². The van der Waals surface area contributed by atoms with E-state index in [1.807, 2.05) is 0 Å². The quantitative estimate of drug-likeness (QED) is 0.0261. The van der Waals surface area contributed by atoms with Crippen molar-refractivity contribution in [3.63, 3.8) is 0 Å². The molecular formula is C67H114O6. The normalized spacial score (nSPS) is 12.8. The lowest BCUT2D eigenvalue weighted by Gasteiger charge is -2.18. The summed E-state index contributed by atoms with van der Waals surface area (Å²) in [5, 5.41) is 0. The second-order valence-electron chi connectivity index (χ2n) is 20.2. The van der Waals surface area contributed by atoms with E-state index in [0.717, 1.165) is 122 Å². The van der Waals surface area contributed by atoms with Crippen molar-refractivity contribution >= 4 is 17.9 Å². The molecule has 0 aliphatic rings. The highest BCUT2D eigenvalue weighted by Crippen LogP contribution is 2.16. The molecule has 1 unspecified atom stereocenters. The zero-order valence-corrected chi connectivity index (χ0v) is 47.9. The smallest absolute Gasteiger partial charge is 0.306 e. The van der Waals surface area contributed by atoms with Crippen molar-refractivity contribution in [2.75, 3.05) is 13.2 Å². The molecule has 0 aliphatic heterocycles. The molecule has 0 heterocycles. The summed E-state index contributed by atoms with van der Waals surface area (Å²) in [6.45, 7) is 6.45. The van der Waals surface area contributed by atoms with Crippen LogP contribution in [0.5, 0.6) is 0 Å². The van der Waals surface area contributed by atoms with Crippen LogP contribution in [0.4, 0.5) is 0 Å². The molecule has 1 atom stereocenters. The summed E-state index contributed by atoms with van der Waals surface area (Å²) in [5.41, 5.74) is 0. The van der Waals surface area contributed by atoms with Gasteiger partial charge in [-0.15, -0.1) is 0 Å². The van der Waals surface area contributed by atoms with E-state index in [1.165, 1.54) is 128 Å². The third kappa shape index (κ3) is 59.1. The van der Waals surface area contributed by atoms with Crippen molar-refractivity contribution in [3.05, 3.63) is 97.2 Å². The van der Waals surface area contributed by atoms with Crippen molar-refractivity contribution < 1.29 is 28.6 Å². The summed E-state index contributed by atoms with van der Waals surface area (Å²) in [4.78, 5) is 38.1. The van der Waals surface area contributed by atoms with Crippen LogP contribution in [0.2, 0.25) is 0 Å². The molecule has 0 N–H and O–H groups in total. The first-order valence-electron chi connectivity index (χ1n) is 30.7. The monoisotopic (exact) mass is 1010 g/mol. The van der Waals surface area contributed by atoms with E-state index in [2.05, 4.69) is 118 Å². The van der Waals surface area contributed by atoms with E-state index < -0.39 is 6.10 Å². The topological polar surface area (TPSA) is 78.9 Å². The van der Waals surface area contributed by atoms with Crippen LogP contribution >= 0.6 is 0 Å². The van der Waals surface area contributed by atoms with Gasteiger partial charge in [0.15, 0.2) is 6.10 Å². The van der Waals surface area contributed by atoms with Crippen molar-refractivity contribution in [1.29, 1.82) is 0 Å². The highest BCUT2D eigenvalue weighted by Gasteiger charge is 2.19. The average Bonchev–Trinajstić information content (AvgIpc) is 3.39. The molecule has 0 bridgehead atoms. The Bertz CT molecular complexity index is 1440. The van der Waals surface area contributed by atoms with Crippen LogP contribution < -0.4 is 0 Å². The summed E-state index contributed by atoms with van der Waals surface area (Å²) in [7, 11) is 0. The van der Waals surface area contributed by atoms with E-state index in [-0.39, 0.29) is 31.1 Å². The zero-order valence-electron chi connectivity index (χ0n) is 47.9. The summed E-state index contributed by atoms with van der Waals surface area (Å²) >= 11 is 0. The molecule has 0 saturated carbocycles. The first kappa shape index (κ1) is 69.3. The molecule has 0 spiro atoms. The van der Waals surface area contributed by atoms with Crippen molar-refractivity contribution in [3.8, 4) is 0 Å². The third-order valence-corrected chi connectivity index (χ3v) is 13.0. The Balaban J connectivity index is 4.16. The molecule has 0 radical (unpaired) electrons. The second-order valence-corrected chi connectivity index (χ2v) is 20.2. The Morgan fingerprint density at radius 2 is 0.562 bits per heavy atom. The molecular weight excluding hydrogens is 901 g/mol. The van der Waals surface area contributed by atoms with Crippen LogP contribution in [0.1, 0.15) is 290 Å². The summed E-state index contributed by atoms with van der Waals surface area (Å²) in [6, 6.07) is 0. The van der Waals surface area contributed by atoms with Crippen LogP contribution in [0.15, 0.2) is 97.2 Å². The Hall–Kier alpha value is -3.67. The highest BCUT2D eigenvalue weighted by atomic mass is 16.6. The predicted octanol–water partition coefficient (Wildman–Crippen LogP) is 20.9. The van der Waals surface area contributed by atoms with Crippen LogP contribution in [0.3, 0.4) is 0 Å². The van der Waals surface area contributed by atoms with E-state index in [1.54, 1.807) is 0 Å². The van der Waals surface area contributed by atoms with Crippen molar-refractivity contribution in [1.82, 2.24) is 0 Å². The Kier molecular flexibility index (Phi) is 57.8. The van der Waals surface area contributed by atoms with E-state index in [0.29, 0.717) is 19.3 Å². The lowest BCUT2D eigenvalue weighted by atomic mass is 10.0. The van der Waals surface area contributed by atoms with Gasteiger partial charge in [-0.3, -0.25) is 14.4 Å². The third-order valence-electron chi connectivity index (χ3n) is 13.0. The number of unbranched alkanes of at least 4 members (excludes halogenated alkanes) is 28. The number of allylic oxidation sites excluding steroid dienone is 16. The number of hydrogen-bond donors (Lipinski definition) is 0. The van der Waals surface area contributed by atoms with Gasteiger partial charge in [-0.2, -0.15) is 0 Å². The lowest BCUT2D eigenvalue weighted by Crippen LogP contribution is -2.30. The maximum Gasteiger partial charge on any atom is 0.306 e. The standard InChI is InChI=1S/C67H114O6/c1-4-7-10-13-16-19-22-24-26-27-28-29-30-31-32-33-34-35-36-37-38-39-40-41-42-44-45-48-51-54-57-60-66(69)72-63-64(62-71-65(68)59-56-53-50-47-21-18-15-12-9-6-3)73-67(70)61-58-55-52-49-46-43-25-23-20-17-14-11-8-5-2/h7,10,12,15-16,19,23-26,28-29,31-32,34-35,64H,4-6,8-9,11,13-14,17-18,20-22,27,30,33,36-63H2,1-3H3/b10-7-,15-12-,19-16-,25-23-,26-24-,29-28-,32-31-,35-34-. The fourth-order valence-electron chi connectivity index (χ4n) is 8.44. The number of carbonyl (C=O) groups is 3. The van der Waals surface area contributed by atoms with Crippen LogP contribution in [0, 0.1) is 0 Å². The second kappa shape index (κ2) is 60.9. The molecule has 6 nitrogen and oxygen atoms in total.